The van der Waals surface area contributed by atoms with Crippen LogP contribution >= 0.6 is 0 Å². The molecule has 9 heavy (non-hydrogen) atoms. The van der Waals surface area contributed by atoms with Gasteiger partial charge in [0, 0.05) is 13.3 Å². The summed E-state index contributed by atoms with van der Waals surface area (Å²) >= 11 is 0. The van der Waals surface area contributed by atoms with Gasteiger partial charge in [0.15, 0.2) is 0 Å². The van der Waals surface area contributed by atoms with Crippen LogP contribution in [0.15, 0.2) is 17.3 Å². The molecule has 0 unspecified atom stereocenters. The van der Waals surface area contributed by atoms with Crippen molar-refractivity contribution in [2.75, 3.05) is 7.05 Å². The molecule has 0 aliphatic heterocycles. The summed E-state index contributed by atoms with van der Waals surface area (Å²) in [5.74, 6) is 0. The number of hydrogen-bond acceptors (Lipinski definition) is 2. The van der Waals surface area contributed by atoms with E-state index in [1.54, 1.807) is 7.05 Å². The largest absolute Gasteiger partial charge is 0.351 e. The lowest BCUT2D eigenvalue weighted by Crippen LogP contribution is -2.28. The number of rotatable bonds is 2. The Morgan fingerprint density at radius 3 is 2.78 bits per heavy atom. The molecule has 0 aromatic heterocycles. The van der Waals surface area contributed by atoms with E-state index in [4.69, 9.17) is 5.73 Å². The first-order valence-corrected chi connectivity index (χ1v) is 2.34. The molecule has 50 valence electrons. The smallest absolute Gasteiger partial charge is 0.316 e. The van der Waals surface area contributed by atoms with Gasteiger partial charge >= 0.3 is 6.03 Å². The van der Waals surface area contributed by atoms with Crippen molar-refractivity contribution in [3.63, 3.8) is 0 Å². The van der Waals surface area contributed by atoms with Crippen LogP contribution in [0.3, 0.4) is 0 Å². The average Bonchev–Trinajstić information content (AvgIpc) is 1.63. The summed E-state index contributed by atoms with van der Waals surface area (Å²) in [7, 11) is 1.58. The lowest BCUT2D eigenvalue weighted by atomic mass is 10.5. The third kappa shape index (κ3) is 4.53. The molecule has 0 bridgehead atoms. The van der Waals surface area contributed by atoms with Crippen LogP contribution in [-0.4, -0.2) is 19.3 Å². The van der Waals surface area contributed by atoms with Crippen LogP contribution < -0.4 is 11.1 Å². The van der Waals surface area contributed by atoms with Crippen molar-refractivity contribution in [1.29, 1.82) is 0 Å². The summed E-state index contributed by atoms with van der Waals surface area (Å²) in [6.45, 7) is 3.42. The van der Waals surface area contributed by atoms with Crippen molar-refractivity contribution < 1.29 is 4.79 Å². The van der Waals surface area contributed by atoms with Gasteiger partial charge in [-0.25, -0.2) is 4.79 Å². The van der Waals surface area contributed by atoms with E-state index in [1.165, 1.54) is 6.21 Å². The van der Waals surface area contributed by atoms with Gasteiger partial charge in [-0.05, 0) is 0 Å². The second-order valence-corrected chi connectivity index (χ2v) is 1.40. The first kappa shape index (κ1) is 7.68. The molecule has 0 saturated carbocycles. The molecule has 0 aliphatic rings. The minimum Gasteiger partial charge on any atom is -0.351 e. The number of primary amides is 1. The number of nitrogens with zero attached hydrogens (tertiary/aromatic N) is 1. The minimum absolute atomic E-state index is 0.394. The van der Waals surface area contributed by atoms with Crippen molar-refractivity contribution in [3.05, 3.63) is 12.3 Å². The summed E-state index contributed by atoms with van der Waals surface area (Å²) in [6, 6.07) is -0.625. The Morgan fingerprint density at radius 1 is 1.89 bits per heavy atom. The Hall–Kier alpha value is -1.32. The van der Waals surface area contributed by atoms with Crippen LogP contribution in [0.1, 0.15) is 0 Å². The molecular weight excluding hydrogens is 118 g/mol. The van der Waals surface area contributed by atoms with Crippen LogP contribution in [-0.2, 0) is 0 Å². The first-order chi connectivity index (χ1) is 4.16. The zero-order valence-electron chi connectivity index (χ0n) is 5.22. The van der Waals surface area contributed by atoms with Gasteiger partial charge in [0.1, 0.15) is 0 Å². The van der Waals surface area contributed by atoms with Crippen LogP contribution in [0.5, 0.6) is 0 Å². The van der Waals surface area contributed by atoms with E-state index >= 15 is 0 Å². The predicted octanol–water partition coefficient (Wildman–Crippen LogP) is -0.131. The number of nitrogens with two attached hydrogens (primary N) is 1. The first-order valence-electron chi connectivity index (χ1n) is 2.34. The highest BCUT2D eigenvalue weighted by Crippen LogP contribution is 1.74. The number of amides is 2. The molecule has 2 amide bonds. The van der Waals surface area contributed by atoms with Gasteiger partial charge in [-0.1, -0.05) is 6.58 Å². The van der Waals surface area contributed by atoms with Gasteiger partial charge in [-0.2, -0.15) is 0 Å². The summed E-state index contributed by atoms with van der Waals surface area (Å²) in [6.07, 6.45) is 1.41. The van der Waals surface area contributed by atoms with Crippen molar-refractivity contribution in [2.24, 2.45) is 10.7 Å². The van der Waals surface area contributed by atoms with Gasteiger partial charge in [-0.3, -0.25) is 4.99 Å². The van der Waals surface area contributed by atoms with E-state index < -0.39 is 6.03 Å². The standard InChI is InChI=1S/C5H9N3O/c1-4(3-7-2)8-5(6)9/h3H,1H2,2H3,(H3,6,8,9). The maximum Gasteiger partial charge on any atom is 0.316 e. The van der Waals surface area contributed by atoms with Gasteiger partial charge in [0.2, 0.25) is 0 Å². The molecule has 0 aromatic carbocycles. The molecule has 4 nitrogen and oxygen atoms in total. The van der Waals surface area contributed by atoms with Crippen LogP contribution in [0.25, 0.3) is 0 Å². The number of allylic oxidation sites excluding steroid dienone is 1. The molecule has 0 rings (SSSR count). The number of aliphatic imine (C=N–C) groups is 1. The van der Waals surface area contributed by atoms with E-state index in [9.17, 15) is 4.79 Å². The molecule has 0 radical (unpaired) electrons. The summed E-state index contributed by atoms with van der Waals surface area (Å²) in [5, 5.41) is 2.24. The molecule has 0 fully saturated rings. The third-order valence-electron chi connectivity index (χ3n) is 0.569. The summed E-state index contributed by atoms with van der Waals surface area (Å²) in [5.41, 5.74) is 5.14. The topological polar surface area (TPSA) is 67.5 Å². The van der Waals surface area contributed by atoms with Crippen LogP contribution in [0.2, 0.25) is 0 Å². The van der Waals surface area contributed by atoms with Crippen LogP contribution in [0.4, 0.5) is 4.79 Å². The highest BCUT2D eigenvalue weighted by molar-refractivity contribution is 5.85. The fraction of sp³-hybridized carbons (Fsp3) is 0.200. The van der Waals surface area contributed by atoms with E-state index in [0.29, 0.717) is 5.70 Å². The maximum atomic E-state index is 10.1. The minimum atomic E-state index is -0.625. The van der Waals surface area contributed by atoms with Crippen LogP contribution in [0, 0.1) is 0 Å². The number of hydrogen-bond donors (Lipinski definition) is 2. The monoisotopic (exact) mass is 127 g/mol. The SMILES string of the molecule is C=C(C=NC)NC(N)=O. The lowest BCUT2D eigenvalue weighted by Gasteiger charge is -1.95. The van der Waals surface area contributed by atoms with Gasteiger partial charge in [0.05, 0.1) is 5.70 Å². The Bertz CT molecular complexity index is 150. The highest BCUT2D eigenvalue weighted by atomic mass is 16.2. The molecule has 0 atom stereocenters. The van der Waals surface area contributed by atoms with Crippen molar-refractivity contribution in [2.45, 2.75) is 0 Å². The average molecular weight is 127 g/mol. The molecule has 0 spiro atoms. The second kappa shape index (κ2) is 3.65. The fourth-order valence-corrected chi connectivity index (χ4v) is 0.346. The van der Waals surface area contributed by atoms with Gasteiger partial charge in [-0.15, -0.1) is 0 Å². The molecular formula is C5H9N3O. The summed E-state index contributed by atoms with van der Waals surface area (Å²) < 4.78 is 0. The predicted molar refractivity (Wildman–Crippen MR) is 36.3 cm³/mol. The zero-order chi connectivity index (χ0) is 7.28. The molecule has 4 heteroatoms. The molecule has 0 saturated heterocycles. The zero-order valence-corrected chi connectivity index (χ0v) is 5.22. The molecule has 0 heterocycles. The number of nitrogens with one attached hydrogen (secondary N) is 1. The van der Waals surface area contributed by atoms with Crippen molar-refractivity contribution in [1.82, 2.24) is 5.32 Å². The van der Waals surface area contributed by atoms with E-state index in [1.807, 2.05) is 0 Å². The fourth-order valence-electron chi connectivity index (χ4n) is 0.346. The lowest BCUT2D eigenvalue weighted by molar-refractivity contribution is 0.251. The van der Waals surface area contributed by atoms with Gasteiger partial charge < -0.3 is 11.1 Å². The van der Waals surface area contributed by atoms with E-state index in [2.05, 4.69) is 16.9 Å². The Labute approximate surface area is 53.5 Å². The maximum absolute atomic E-state index is 10.1. The van der Waals surface area contributed by atoms with Crippen molar-refractivity contribution in [3.8, 4) is 0 Å². The normalized spacial score (nSPS) is 9.44. The Balaban J connectivity index is 3.64. The Morgan fingerprint density at radius 2 is 2.44 bits per heavy atom. The Kier molecular flexibility index (Phi) is 3.12. The second-order valence-electron chi connectivity index (χ2n) is 1.40. The quantitative estimate of drug-likeness (QED) is 0.498. The molecule has 0 aliphatic carbocycles. The number of carbonyl (C=O) groups is 1. The highest BCUT2D eigenvalue weighted by Gasteiger charge is 1.89. The summed E-state index contributed by atoms with van der Waals surface area (Å²) in [4.78, 5) is 13.7. The molecule has 3 N–H and O–H groups in total. The molecule has 0 aromatic rings. The van der Waals surface area contributed by atoms with E-state index in [0.717, 1.165) is 0 Å². The van der Waals surface area contributed by atoms with Gasteiger partial charge in [0.25, 0.3) is 0 Å². The van der Waals surface area contributed by atoms with Crippen molar-refractivity contribution >= 4 is 12.2 Å². The number of carbonyl (C=O) groups excluding carboxylic acids is 1. The number of urea groups is 1. The van der Waals surface area contributed by atoms with E-state index in [-0.39, 0.29) is 0 Å². The third-order valence-corrected chi connectivity index (χ3v) is 0.569.